The first-order valence-corrected chi connectivity index (χ1v) is 4.29. The number of ketones is 1. The summed E-state index contributed by atoms with van der Waals surface area (Å²) in [5.74, 6) is 4.10. The van der Waals surface area contributed by atoms with Crippen molar-refractivity contribution in [1.82, 2.24) is 0 Å². The zero-order valence-electron chi connectivity index (χ0n) is 5.90. The van der Waals surface area contributed by atoms with Crippen LogP contribution in [0.2, 0.25) is 0 Å². The largest absolute Gasteiger partial charge is 0.299 e. The predicted octanol–water partition coefficient (Wildman–Crippen LogP) is 0.447. The molecule has 0 aromatic rings. The topological polar surface area (TPSA) is 40.9 Å². The van der Waals surface area contributed by atoms with Crippen LogP contribution in [0.5, 0.6) is 0 Å². The highest BCUT2D eigenvalue weighted by Gasteiger charge is 2.88. The molecule has 2 heteroatoms. The van der Waals surface area contributed by atoms with E-state index in [2.05, 4.69) is 6.07 Å². The molecule has 0 amide bonds. The van der Waals surface area contributed by atoms with E-state index in [0.29, 0.717) is 17.6 Å². The van der Waals surface area contributed by atoms with E-state index in [1.807, 2.05) is 0 Å². The second-order valence-corrected chi connectivity index (χ2v) is 4.42. The summed E-state index contributed by atoms with van der Waals surface area (Å²) in [6.45, 7) is 0. The van der Waals surface area contributed by atoms with Gasteiger partial charge in [0.1, 0.15) is 5.78 Å². The lowest BCUT2D eigenvalue weighted by atomic mass is 9.87. The molecule has 54 valence electrons. The highest BCUT2D eigenvalue weighted by Crippen LogP contribution is 2.86. The van der Waals surface area contributed by atoms with E-state index >= 15 is 0 Å². The Balaban J connectivity index is 1.80. The van der Waals surface area contributed by atoms with Crippen LogP contribution < -0.4 is 0 Å². The van der Waals surface area contributed by atoms with Crippen molar-refractivity contribution in [2.75, 3.05) is 0 Å². The molecule has 0 heterocycles. The van der Waals surface area contributed by atoms with E-state index < -0.39 is 0 Å². The molecule has 0 aromatic carbocycles. The minimum absolute atomic E-state index is 0.132. The van der Waals surface area contributed by atoms with E-state index in [1.54, 1.807) is 0 Å². The highest BCUT2D eigenvalue weighted by molar-refractivity contribution is 5.94. The zero-order chi connectivity index (χ0) is 7.33. The van der Waals surface area contributed by atoms with Crippen LogP contribution in [-0.2, 0) is 4.79 Å². The summed E-state index contributed by atoms with van der Waals surface area (Å²) >= 11 is 0. The number of rotatable bonds is 0. The van der Waals surface area contributed by atoms with Gasteiger partial charge < -0.3 is 0 Å². The molecule has 0 radical (unpaired) electrons. The van der Waals surface area contributed by atoms with Crippen LogP contribution in [0.4, 0.5) is 0 Å². The quantitative estimate of drug-likeness (QED) is 0.496. The lowest BCUT2D eigenvalue weighted by Crippen LogP contribution is -2.22. The van der Waals surface area contributed by atoms with Gasteiger partial charge in [0, 0.05) is 11.8 Å². The van der Waals surface area contributed by atoms with Crippen molar-refractivity contribution in [3.63, 3.8) is 0 Å². The standard InChI is InChI=1S/C9H7NO/c10-1-2-3-4(2)9(11)8-6-5(3)7(6)8/h2-8H/t2-,3+,4-,5?,6-,7+,8?/m1/s1. The molecule has 0 saturated heterocycles. The Labute approximate surface area is 64.2 Å². The van der Waals surface area contributed by atoms with Gasteiger partial charge in [-0.25, -0.2) is 0 Å². The molecule has 5 fully saturated rings. The van der Waals surface area contributed by atoms with E-state index in [0.717, 1.165) is 17.8 Å². The van der Waals surface area contributed by atoms with Crippen molar-refractivity contribution in [2.24, 2.45) is 41.4 Å². The van der Waals surface area contributed by atoms with E-state index in [1.165, 1.54) is 0 Å². The highest BCUT2D eigenvalue weighted by atomic mass is 16.1. The molecule has 7 atom stereocenters. The van der Waals surface area contributed by atoms with Crippen LogP contribution in [0, 0.1) is 52.8 Å². The Bertz CT molecular complexity index is 319. The van der Waals surface area contributed by atoms with Gasteiger partial charge in [0.05, 0.1) is 12.0 Å². The molecule has 0 aromatic heterocycles. The third-order valence-electron chi connectivity index (χ3n) is 4.21. The molecule has 5 aliphatic rings. The second kappa shape index (κ2) is 1.04. The molecule has 2 nitrogen and oxygen atoms in total. The van der Waals surface area contributed by atoms with Crippen molar-refractivity contribution in [2.45, 2.75) is 0 Å². The van der Waals surface area contributed by atoms with Crippen LogP contribution in [-0.4, -0.2) is 5.78 Å². The Morgan fingerprint density at radius 1 is 1.09 bits per heavy atom. The van der Waals surface area contributed by atoms with Crippen molar-refractivity contribution < 1.29 is 4.79 Å². The summed E-state index contributed by atoms with van der Waals surface area (Å²) in [5, 5.41) is 8.70. The van der Waals surface area contributed by atoms with Gasteiger partial charge in [-0.15, -0.1) is 0 Å². The number of carbonyl (C=O) groups excluding carboxylic acids is 1. The first-order chi connectivity index (χ1) is 5.36. The van der Waals surface area contributed by atoms with Gasteiger partial charge in [0.15, 0.2) is 0 Å². The third kappa shape index (κ3) is 0.306. The maximum atomic E-state index is 11.4. The molecular weight excluding hydrogens is 138 g/mol. The smallest absolute Gasteiger partial charge is 0.141 e. The Hall–Kier alpha value is -0.840. The molecule has 5 saturated carbocycles. The average molecular weight is 145 g/mol. The van der Waals surface area contributed by atoms with Gasteiger partial charge >= 0.3 is 0 Å². The molecule has 0 N–H and O–H groups in total. The number of hydrogen-bond donors (Lipinski definition) is 0. The second-order valence-electron chi connectivity index (χ2n) is 4.42. The third-order valence-corrected chi connectivity index (χ3v) is 4.21. The summed E-state index contributed by atoms with van der Waals surface area (Å²) in [4.78, 5) is 11.4. The molecular formula is C9H7NO. The Morgan fingerprint density at radius 3 is 2.45 bits per heavy atom. The summed E-state index contributed by atoms with van der Waals surface area (Å²) in [5.41, 5.74) is 0. The number of Topliss-reactive ketones (excluding diaryl/α,β-unsaturated/α-hetero) is 1. The molecule has 0 spiro atoms. The Kier molecular flexibility index (Phi) is 0.468. The molecule has 5 rings (SSSR count). The number of nitrogens with zero attached hydrogens (tertiary/aromatic N) is 1. The van der Waals surface area contributed by atoms with Crippen LogP contribution in [0.1, 0.15) is 0 Å². The van der Waals surface area contributed by atoms with Crippen molar-refractivity contribution in [3.05, 3.63) is 0 Å². The average Bonchev–Trinajstić information content (AvgIpc) is 2.84. The first kappa shape index (κ1) is 4.92. The van der Waals surface area contributed by atoms with E-state index in [4.69, 9.17) is 5.26 Å². The summed E-state index contributed by atoms with van der Waals surface area (Å²) in [6.07, 6.45) is 0. The van der Waals surface area contributed by atoms with Gasteiger partial charge in [0.2, 0.25) is 0 Å². The summed E-state index contributed by atoms with van der Waals surface area (Å²) in [6, 6.07) is 2.26. The fraction of sp³-hybridized carbons (Fsp3) is 0.778. The fourth-order valence-electron chi connectivity index (χ4n) is 3.54. The molecule has 2 bridgehead atoms. The molecule has 0 aliphatic heterocycles. The van der Waals surface area contributed by atoms with Gasteiger partial charge in [0.25, 0.3) is 0 Å². The van der Waals surface area contributed by atoms with Crippen molar-refractivity contribution in [1.29, 1.82) is 5.26 Å². The van der Waals surface area contributed by atoms with Gasteiger partial charge in [-0.1, -0.05) is 0 Å². The molecule has 5 aliphatic carbocycles. The molecule has 11 heavy (non-hydrogen) atoms. The summed E-state index contributed by atoms with van der Waals surface area (Å²) < 4.78 is 0. The maximum absolute atomic E-state index is 11.4. The maximum Gasteiger partial charge on any atom is 0.141 e. The monoisotopic (exact) mass is 145 g/mol. The number of nitriles is 1. The Morgan fingerprint density at radius 2 is 1.82 bits per heavy atom. The van der Waals surface area contributed by atoms with Crippen LogP contribution in [0.15, 0.2) is 0 Å². The molecule has 2 unspecified atom stereocenters. The predicted molar refractivity (Wildman–Crippen MR) is 35.0 cm³/mol. The lowest BCUT2D eigenvalue weighted by Gasteiger charge is -2.15. The van der Waals surface area contributed by atoms with E-state index in [9.17, 15) is 4.79 Å². The van der Waals surface area contributed by atoms with Crippen LogP contribution in [0.25, 0.3) is 0 Å². The van der Waals surface area contributed by atoms with Gasteiger partial charge in [-0.3, -0.25) is 4.79 Å². The number of hydrogen-bond acceptors (Lipinski definition) is 2. The number of carbonyl (C=O) groups is 1. The minimum atomic E-state index is 0.132. The minimum Gasteiger partial charge on any atom is -0.299 e. The fourth-order valence-corrected chi connectivity index (χ4v) is 3.54. The summed E-state index contributed by atoms with van der Waals surface area (Å²) in [7, 11) is 0. The van der Waals surface area contributed by atoms with Gasteiger partial charge in [-0.2, -0.15) is 5.26 Å². The van der Waals surface area contributed by atoms with Crippen molar-refractivity contribution >= 4 is 5.78 Å². The van der Waals surface area contributed by atoms with Crippen LogP contribution in [0.3, 0.4) is 0 Å². The first-order valence-electron chi connectivity index (χ1n) is 4.29. The zero-order valence-corrected chi connectivity index (χ0v) is 5.90. The van der Waals surface area contributed by atoms with E-state index in [-0.39, 0.29) is 11.8 Å². The van der Waals surface area contributed by atoms with Crippen molar-refractivity contribution in [3.8, 4) is 6.07 Å². The SMILES string of the molecule is N#C[C@H]1[C@H]2C(=O)C3[C@@H]4C([C@H]34)[C@@H]12. The van der Waals surface area contributed by atoms with Gasteiger partial charge in [-0.05, 0) is 23.7 Å². The normalized spacial score (nSPS) is 72.6. The van der Waals surface area contributed by atoms with Crippen LogP contribution >= 0.6 is 0 Å². The lowest BCUT2D eigenvalue weighted by molar-refractivity contribution is -0.125.